The van der Waals surface area contributed by atoms with Crippen LogP contribution in [0.1, 0.15) is 44.7 Å². The fourth-order valence-corrected chi connectivity index (χ4v) is 3.63. The molecule has 1 nitrogen and oxygen atoms in total. The van der Waals surface area contributed by atoms with Crippen molar-refractivity contribution in [2.45, 2.75) is 50.1 Å². The van der Waals surface area contributed by atoms with E-state index in [2.05, 4.69) is 31.3 Å². The first-order valence-corrected chi connectivity index (χ1v) is 7.79. The Balaban J connectivity index is 2.18. The van der Waals surface area contributed by atoms with Crippen LogP contribution in [0.25, 0.3) is 0 Å². The van der Waals surface area contributed by atoms with Crippen LogP contribution in [-0.4, -0.2) is 11.8 Å². The largest absolute Gasteiger partial charge is 0.307 e. The third-order valence-corrected chi connectivity index (χ3v) is 4.79. The summed E-state index contributed by atoms with van der Waals surface area (Å²) in [6.45, 7) is 4.50. The van der Waals surface area contributed by atoms with Gasteiger partial charge in [-0.3, -0.25) is 0 Å². The van der Waals surface area contributed by atoms with Gasteiger partial charge in [0.25, 0.3) is 0 Å². The molecule has 0 fully saturated rings. The lowest BCUT2D eigenvalue weighted by Crippen LogP contribution is -2.33. The highest BCUT2D eigenvalue weighted by Crippen LogP contribution is 2.37. The van der Waals surface area contributed by atoms with E-state index in [0.29, 0.717) is 12.1 Å². The third kappa shape index (κ3) is 3.18. The summed E-state index contributed by atoms with van der Waals surface area (Å²) in [7, 11) is 0. The van der Waals surface area contributed by atoms with E-state index in [9.17, 15) is 0 Å². The molecule has 0 saturated heterocycles. The van der Waals surface area contributed by atoms with Crippen LogP contribution in [0.5, 0.6) is 0 Å². The van der Waals surface area contributed by atoms with Crippen molar-refractivity contribution >= 4 is 23.4 Å². The van der Waals surface area contributed by atoms with Crippen LogP contribution in [0.4, 0.5) is 0 Å². The number of hydrogen-bond acceptors (Lipinski definition) is 2. The zero-order valence-corrected chi connectivity index (χ0v) is 12.1. The van der Waals surface area contributed by atoms with Gasteiger partial charge in [-0.1, -0.05) is 25.4 Å². The summed E-state index contributed by atoms with van der Waals surface area (Å²) in [6.07, 6.45) is 3.58. The van der Waals surface area contributed by atoms with Crippen molar-refractivity contribution < 1.29 is 0 Å². The Hall–Kier alpha value is -0.180. The molecule has 94 valence electrons. The maximum absolute atomic E-state index is 6.11. The first-order chi connectivity index (χ1) is 8.24. The summed E-state index contributed by atoms with van der Waals surface area (Å²) in [5.74, 6) is 1.20. The maximum atomic E-state index is 6.11. The minimum absolute atomic E-state index is 0.481. The van der Waals surface area contributed by atoms with Crippen molar-refractivity contribution in [1.82, 2.24) is 5.32 Å². The minimum Gasteiger partial charge on any atom is -0.307 e. The number of rotatable bonds is 4. The number of nitrogens with one attached hydrogen (secondary N) is 1. The topological polar surface area (TPSA) is 12.0 Å². The van der Waals surface area contributed by atoms with Gasteiger partial charge in [-0.15, -0.1) is 11.8 Å². The van der Waals surface area contributed by atoms with Gasteiger partial charge < -0.3 is 5.32 Å². The minimum atomic E-state index is 0.481. The highest BCUT2D eigenvalue weighted by atomic mass is 35.5. The summed E-state index contributed by atoms with van der Waals surface area (Å²) >= 11 is 8.05. The summed E-state index contributed by atoms with van der Waals surface area (Å²) < 4.78 is 0. The lowest BCUT2D eigenvalue weighted by molar-refractivity contribution is 0.403. The maximum Gasteiger partial charge on any atom is 0.0410 e. The van der Waals surface area contributed by atoms with Crippen LogP contribution < -0.4 is 5.32 Å². The van der Waals surface area contributed by atoms with Gasteiger partial charge in [0.2, 0.25) is 0 Å². The number of benzene rings is 1. The molecule has 0 spiro atoms. The molecule has 1 aliphatic heterocycles. The Morgan fingerprint density at radius 2 is 2.18 bits per heavy atom. The Labute approximate surface area is 113 Å². The number of fused-ring (bicyclic) bond motifs is 1. The highest BCUT2D eigenvalue weighted by molar-refractivity contribution is 7.99. The number of thioether (sulfide) groups is 1. The van der Waals surface area contributed by atoms with Crippen LogP contribution in [0.3, 0.4) is 0 Å². The molecule has 0 aromatic heterocycles. The van der Waals surface area contributed by atoms with Crippen LogP contribution in [0.15, 0.2) is 23.1 Å². The molecular formula is C14H20ClNS. The van der Waals surface area contributed by atoms with Gasteiger partial charge in [0.15, 0.2) is 0 Å². The van der Waals surface area contributed by atoms with E-state index in [0.717, 1.165) is 5.02 Å². The van der Waals surface area contributed by atoms with E-state index >= 15 is 0 Å². The van der Waals surface area contributed by atoms with E-state index in [4.69, 9.17) is 11.6 Å². The zero-order valence-electron chi connectivity index (χ0n) is 10.5. The molecular weight excluding hydrogens is 250 g/mol. The van der Waals surface area contributed by atoms with Crippen LogP contribution >= 0.6 is 23.4 Å². The van der Waals surface area contributed by atoms with Crippen LogP contribution in [0.2, 0.25) is 5.02 Å². The Morgan fingerprint density at radius 1 is 1.41 bits per heavy atom. The van der Waals surface area contributed by atoms with E-state index in [1.165, 1.54) is 35.5 Å². The van der Waals surface area contributed by atoms with Gasteiger partial charge in [0, 0.05) is 22.0 Å². The lowest BCUT2D eigenvalue weighted by Gasteiger charge is -2.29. The summed E-state index contributed by atoms with van der Waals surface area (Å²) in [6, 6.07) is 7.38. The fraction of sp³-hybridized carbons (Fsp3) is 0.571. The van der Waals surface area contributed by atoms with Gasteiger partial charge >= 0.3 is 0 Å². The number of halogens is 1. The predicted molar refractivity (Wildman–Crippen MR) is 77.0 cm³/mol. The molecule has 0 bridgehead atoms. The van der Waals surface area contributed by atoms with E-state index in [-0.39, 0.29) is 0 Å². The zero-order chi connectivity index (χ0) is 12.3. The Kier molecular flexibility index (Phi) is 4.78. The normalized spacial score (nSPS) is 19.4. The van der Waals surface area contributed by atoms with Crippen LogP contribution in [-0.2, 0) is 0 Å². The first kappa shape index (κ1) is 13.3. The van der Waals surface area contributed by atoms with Crippen molar-refractivity contribution in [3.8, 4) is 0 Å². The first-order valence-electron chi connectivity index (χ1n) is 6.42. The molecule has 1 unspecified atom stereocenters. The highest BCUT2D eigenvalue weighted by Gasteiger charge is 2.22. The van der Waals surface area contributed by atoms with Crippen LogP contribution in [0, 0.1) is 0 Å². The predicted octanol–water partition coefficient (Wildman–Crippen LogP) is 4.66. The Bertz CT molecular complexity index is 376. The molecule has 1 aromatic rings. The molecule has 1 atom stereocenters. The smallest absolute Gasteiger partial charge is 0.0410 e. The molecule has 2 rings (SSSR count). The summed E-state index contributed by atoms with van der Waals surface area (Å²) in [5.41, 5.74) is 1.39. The molecule has 17 heavy (non-hydrogen) atoms. The monoisotopic (exact) mass is 269 g/mol. The molecule has 1 heterocycles. The molecule has 0 radical (unpaired) electrons. The summed E-state index contributed by atoms with van der Waals surface area (Å²) in [4.78, 5) is 1.39. The molecule has 0 amide bonds. The lowest BCUT2D eigenvalue weighted by atomic mass is 10.0. The van der Waals surface area contributed by atoms with E-state index < -0.39 is 0 Å². The SMILES string of the molecule is CCC(CC)NC1CCSc2ccc(Cl)cc21. The second kappa shape index (κ2) is 6.12. The van der Waals surface area contributed by atoms with Gasteiger partial charge in [0.1, 0.15) is 0 Å². The molecule has 3 heteroatoms. The average molecular weight is 270 g/mol. The quantitative estimate of drug-likeness (QED) is 0.854. The standard InChI is InChI=1S/C14H20ClNS/c1-3-11(4-2)16-13-7-8-17-14-6-5-10(15)9-12(13)14/h5-6,9,11,13,16H,3-4,7-8H2,1-2H3. The summed E-state index contributed by atoms with van der Waals surface area (Å²) in [5, 5.41) is 4.62. The molecule has 0 saturated carbocycles. The second-order valence-electron chi connectivity index (χ2n) is 4.55. The van der Waals surface area contributed by atoms with Gasteiger partial charge in [-0.25, -0.2) is 0 Å². The van der Waals surface area contributed by atoms with Crippen molar-refractivity contribution in [3.63, 3.8) is 0 Å². The van der Waals surface area contributed by atoms with Gasteiger partial charge in [0.05, 0.1) is 0 Å². The van der Waals surface area contributed by atoms with E-state index in [1.54, 1.807) is 0 Å². The van der Waals surface area contributed by atoms with Gasteiger partial charge in [-0.2, -0.15) is 0 Å². The van der Waals surface area contributed by atoms with Gasteiger partial charge in [-0.05, 0) is 48.8 Å². The van der Waals surface area contributed by atoms with Crippen molar-refractivity contribution in [1.29, 1.82) is 0 Å². The van der Waals surface area contributed by atoms with Crippen molar-refractivity contribution in [2.24, 2.45) is 0 Å². The van der Waals surface area contributed by atoms with E-state index in [1.807, 2.05) is 17.8 Å². The molecule has 1 aromatic carbocycles. The fourth-order valence-electron chi connectivity index (χ4n) is 2.35. The average Bonchev–Trinajstić information content (AvgIpc) is 2.36. The molecule has 1 aliphatic rings. The second-order valence-corrected chi connectivity index (χ2v) is 6.13. The third-order valence-electron chi connectivity index (χ3n) is 3.43. The van der Waals surface area contributed by atoms with Crippen molar-refractivity contribution in [3.05, 3.63) is 28.8 Å². The molecule has 0 aliphatic carbocycles. The van der Waals surface area contributed by atoms with Crippen molar-refractivity contribution in [2.75, 3.05) is 5.75 Å². The molecule has 1 N–H and O–H groups in total. The Morgan fingerprint density at radius 3 is 2.88 bits per heavy atom. The number of hydrogen-bond donors (Lipinski definition) is 1.